The number of carbonyl (C=O) groups excluding carboxylic acids is 1. The van der Waals surface area contributed by atoms with Crippen molar-refractivity contribution in [3.05, 3.63) is 47.2 Å². The summed E-state index contributed by atoms with van der Waals surface area (Å²) in [5.74, 6) is -0.414. The van der Waals surface area contributed by atoms with Gasteiger partial charge in [-0.25, -0.2) is 4.99 Å². The van der Waals surface area contributed by atoms with E-state index in [4.69, 9.17) is 5.11 Å². The summed E-state index contributed by atoms with van der Waals surface area (Å²) in [6.45, 7) is 3.38. The number of benzene rings is 1. The largest absolute Gasteiger partial charge is 0.481 e. The molecule has 1 atom stereocenters. The number of amidine groups is 1. The summed E-state index contributed by atoms with van der Waals surface area (Å²) in [5, 5.41) is 12.5. The lowest BCUT2D eigenvalue weighted by Gasteiger charge is -2.25. The highest BCUT2D eigenvalue weighted by atomic mass is 32.2. The summed E-state index contributed by atoms with van der Waals surface area (Å²) in [5.41, 5.74) is 2.37. The van der Waals surface area contributed by atoms with Crippen molar-refractivity contribution in [1.29, 1.82) is 0 Å². The highest BCUT2D eigenvalue weighted by molar-refractivity contribution is 8.13. The van der Waals surface area contributed by atoms with E-state index in [1.165, 1.54) is 18.7 Å². The average molecular weight is 318 g/mol. The molecular weight excluding hydrogens is 300 g/mol. The fourth-order valence-corrected chi connectivity index (χ4v) is 3.16. The van der Waals surface area contributed by atoms with Crippen molar-refractivity contribution < 1.29 is 14.7 Å². The zero-order valence-corrected chi connectivity index (χ0v) is 13.3. The van der Waals surface area contributed by atoms with Gasteiger partial charge in [0.2, 0.25) is 0 Å². The summed E-state index contributed by atoms with van der Waals surface area (Å²) in [6.07, 6.45) is 0.0731. The molecule has 2 rings (SSSR count). The number of rotatable bonds is 5. The molecule has 116 valence electrons. The molecule has 0 aliphatic carbocycles. The minimum Gasteiger partial charge on any atom is -0.481 e. The highest BCUT2D eigenvalue weighted by Gasteiger charge is 2.26. The van der Waals surface area contributed by atoms with Crippen molar-refractivity contribution in [1.82, 2.24) is 5.32 Å². The number of carboxylic acid groups (broad SMARTS) is 1. The first-order valence-electron chi connectivity index (χ1n) is 6.95. The summed E-state index contributed by atoms with van der Waals surface area (Å²) in [6, 6.07) is 9.28. The van der Waals surface area contributed by atoms with Crippen LogP contribution in [0.5, 0.6) is 0 Å². The quantitative estimate of drug-likeness (QED) is 0.873. The molecule has 0 saturated heterocycles. The standard InChI is InChI=1S/C16H18N2O3S/c1-10-14(11(2)19)15(12-6-4-3-5-7-12)18-16(17-10)22-9-8-13(20)21/h3-7,15H,8-9H2,1-2H3,(H,17,18)(H,20,21). The zero-order chi connectivity index (χ0) is 16.1. The molecule has 1 heterocycles. The Morgan fingerprint density at radius 3 is 2.59 bits per heavy atom. The number of hydrogen-bond acceptors (Lipinski definition) is 5. The molecule has 0 amide bonds. The molecule has 1 aromatic carbocycles. The van der Waals surface area contributed by atoms with E-state index in [9.17, 15) is 9.59 Å². The van der Waals surface area contributed by atoms with Gasteiger partial charge in [0.1, 0.15) is 6.04 Å². The molecule has 0 spiro atoms. The second kappa shape index (κ2) is 7.26. The van der Waals surface area contributed by atoms with E-state index in [0.717, 1.165) is 11.3 Å². The van der Waals surface area contributed by atoms with E-state index < -0.39 is 5.97 Å². The van der Waals surface area contributed by atoms with E-state index in [1.54, 1.807) is 0 Å². The summed E-state index contributed by atoms with van der Waals surface area (Å²) >= 11 is 1.35. The molecule has 6 heteroatoms. The van der Waals surface area contributed by atoms with E-state index in [2.05, 4.69) is 10.3 Å². The van der Waals surface area contributed by atoms with Crippen molar-refractivity contribution in [3.63, 3.8) is 0 Å². The molecule has 1 aliphatic heterocycles. The minimum absolute atomic E-state index is 0.0165. The molecule has 0 fully saturated rings. The third kappa shape index (κ3) is 3.98. The number of allylic oxidation sites excluding steroid dienone is 1. The number of nitrogens with zero attached hydrogens (tertiary/aromatic N) is 1. The van der Waals surface area contributed by atoms with E-state index in [0.29, 0.717) is 16.5 Å². The lowest BCUT2D eigenvalue weighted by Crippen LogP contribution is -2.29. The smallest absolute Gasteiger partial charge is 0.304 e. The van der Waals surface area contributed by atoms with Crippen molar-refractivity contribution in [3.8, 4) is 0 Å². The monoisotopic (exact) mass is 318 g/mol. The molecule has 1 aliphatic rings. The predicted molar refractivity (Wildman–Crippen MR) is 87.8 cm³/mol. The molecule has 1 aromatic rings. The van der Waals surface area contributed by atoms with Gasteiger partial charge in [-0.2, -0.15) is 0 Å². The van der Waals surface area contributed by atoms with Crippen LogP contribution in [0.25, 0.3) is 0 Å². The molecule has 5 nitrogen and oxygen atoms in total. The van der Waals surface area contributed by atoms with Crippen LogP contribution < -0.4 is 5.32 Å². The molecule has 0 saturated carbocycles. The van der Waals surface area contributed by atoms with Crippen LogP contribution in [0.3, 0.4) is 0 Å². The SMILES string of the molecule is CC(=O)C1=C(C)NC(SCCC(=O)O)=NC1c1ccccc1. The van der Waals surface area contributed by atoms with Gasteiger partial charge in [-0.1, -0.05) is 42.1 Å². The second-order valence-corrected chi connectivity index (χ2v) is 6.04. The van der Waals surface area contributed by atoms with Crippen LogP contribution in [0.15, 0.2) is 46.6 Å². The van der Waals surface area contributed by atoms with Crippen LogP contribution in [0.2, 0.25) is 0 Å². The number of thioether (sulfide) groups is 1. The normalized spacial score (nSPS) is 17.7. The van der Waals surface area contributed by atoms with E-state index in [1.807, 2.05) is 37.3 Å². The first-order chi connectivity index (χ1) is 10.5. The van der Waals surface area contributed by atoms with Crippen LogP contribution in [-0.4, -0.2) is 27.8 Å². The summed E-state index contributed by atoms with van der Waals surface area (Å²) in [4.78, 5) is 27.2. The van der Waals surface area contributed by atoms with E-state index in [-0.39, 0.29) is 18.2 Å². The Hall–Kier alpha value is -2.08. The first-order valence-corrected chi connectivity index (χ1v) is 7.93. The third-order valence-electron chi connectivity index (χ3n) is 3.27. The number of carbonyl (C=O) groups is 2. The van der Waals surface area contributed by atoms with Crippen LogP contribution in [-0.2, 0) is 9.59 Å². The fourth-order valence-electron chi connectivity index (χ4n) is 2.29. The Balaban J connectivity index is 2.26. The topological polar surface area (TPSA) is 78.8 Å². The number of hydrogen-bond donors (Lipinski definition) is 2. The lowest BCUT2D eigenvalue weighted by atomic mass is 9.94. The van der Waals surface area contributed by atoms with Crippen LogP contribution >= 0.6 is 11.8 Å². The van der Waals surface area contributed by atoms with Gasteiger partial charge in [0.25, 0.3) is 0 Å². The Kier molecular flexibility index (Phi) is 5.38. The van der Waals surface area contributed by atoms with Crippen molar-refractivity contribution >= 4 is 28.7 Å². The number of Topliss-reactive ketones (excluding diaryl/α,β-unsaturated/α-hetero) is 1. The van der Waals surface area contributed by atoms with Crippen molar-refractivity contribution in [2.45, 2.75) is 26.3 Å². The van der Waals surface area contributed by atoms with Crippen molar-refractivity contribution in [2.24, 2.45) is 4.99 Å². The Bertz CT molecular complexity index is 638. The highest BCUT2D eigenvalue weighted by Crippen LogP contribution is 2.32. The maximum Gasteiger partial charge on any atom is 0.304 e. The fraction of sp³-hybridized carbons (Fsp3) is 0.312. The maximum absolute atomic E-state index is 12.0. The van der Waals surface area contributed by atoms with Gasteiger partial charge in [-0.3, -0.25) is 9.59 Å². The Morgan fingerprint density at radius 1 is 1.32 bits per heavy atom. The number of aliphatic imine (C=N–C) groups is 1. The summed E-state index contributed by atoms with van der Waals surface area (Å²) in [7, 11) is 0. The number of aliphatic carboxylic acids is 1. The lowest BCUT2D eigenvalue weighted by molar-refractivity contribution is -0.136. The number of carboxylic acids is 1. The number of nitrogens with one attached hydrogen (secondary N) is 1. The van der Waals surface area contributed by atoms with Crippen LogP contribution in [0, 0.1) is 0 Å². The third-order valence-corrected chi connectivity index (χ3v) is 4.16. The van der Waals surface area contributed by atoms with E-state index >= 15 is 0 Å². The van der Waals surface area contributed by atoms with Gasteiger partial charge < -0.3 is 10.4 Å². The molecule has 1 unspecified atom stereocenters. The van der Waals surface area contributed by atoms with Gasteiger partial charge in [0, 0.05) is 17.0 Å². The first kappa shape index (κ1) is 16.3. The molecule has 0 aromatic heterocycles. The zero-order valence-electron chi connectivity index (χ0n) is 12.5. The van der Waals surface area contributed by atoms with Gasteiger partial charge >= 0.3 is 5.97 Å². The minimum atomic E-state index is -0.833. The van der Waals surface area contributed by atoms with Crippen LogP contribution in [0.1, 0.15) is 31.9 Å². The Labute approximate surface area is 133 Å². The average Bonchev–Trinajstić information content (AvgIpc) is 2.46. The molecule has 2 N–H and O–H groups in total. The Morgan fingerprint density at radius 2 is 2.00 bits per heavy atom. The molecule has 0 radical (unpaired) electrons. The molecule has 22 heavy (non-hydrogen) atoms. The number of ketones is 1. The maximum atomic E-state index is 12.0. The predicted octanol–water partition coefficient (Wildman–Crippen LogP) is 2.76. The molecule has 0 bridgehead atoms. The van der Waals surface area contributed by atoms with Crippen molar-refractivity contribution in [2.75, 3.05) is 5.75 Å². The van der Waals surface area contributed by atoms with Gasteiger partial charge in [-0.05, 0) is 19.4 Å². The van der Waals surface area contributed by atoms with Crippen LogP contribution in [0.4, 0.5) is 0 Å². The second-order valence-electron chi connectivity index (χ2n) is 4.96. The molecular formula is C16H18N2O3S. The summed E-state index contributed by atoms with van der Waals surface area (Å²) < 4.78 is 0. The van der Waals surface area contributed by atoms with Gasteiger partial charge in [-0.15, -0.1) is 0 Å². The van der Waals surface area contributed by atoms with Gasteiger partial charge in [0.15, 0.2) is 11.0 Å². The van der Waals surface area contributed by atoms with Gasteiger partial charge in [0.05, 0.1) is 6.42 Å².